The van der Waals surface area contributed by atoms with Crippen molar-refractivity contribution in [3.8, 4) is 6.07 Å². The van der Waals surface area contributed by atoms with Crippen LogP contribution in [0.3, 0.4) is 0 Å². The molecule has 2 aliphatic rings. The van der Waals surface area contributed by atoms with Crippen LogP contribution in [0.15, 0.2) is 18.5 Å². The minimum atomic E-state index is 0.281. The maximum atomic E-state index is 9.27. The average Bonchev–Trinajstić information content (AvgIpc) is 3.26. The molecular weight excluding hydrogens is 316 g/mol. The number of aromatic nitrogens is 5. The molecule has 3 aromatic rings. The Kier molecular flexibility index (Phi) is 3.05. The van der Waals surface area contributed by atoms with Gasteiger partial charge in [-0.05, 0) is 32.0 Å². The van der Waals surface area contributed by atoms with Gasteiger partial charge in [-0.15, -0.1) is 0 Å². The molecule has 0 amide bonds. The summed E-state index contributed by atoms with van der Waals surface area (Å²) in [7, 11) is 0. The predicted molar refractivity (Wildman–Crippen MR) is 91.1 cm³/mol. The van der Waals surface area contributed by atoms with Crippen LogP contribution < -0.4 is 10.2 Å². The minimum Gasteiger partial charge on any atom is -0.348 e. The van der Waals surface area contributed by atoms with E-state index in [2.05, 4.69) is 38.0 Å². The van der Waals surface area contributed by atoms with Crippen molar-refractivity contribution in [2.45, 2.75) is 32.5 Å². The lowest BCUT2D eigenvalue weighted by molar-refractivity contribution is 0.420. The maximum absolute atomic E-state index is 9.27. The highest BCUT2D eigenvalue weighted by molar-refractivity contribution is 5.60. The summed E-state index contributed by atoms with van der Waals surface area (Å²) >= 11 is 0. The summed E-state index contributed by atoms with van der Waals surface area (Å²) in [5.41, 5.74) is 5.02. The number of pyridine rings is 1. The molecule has 3 aromatic heterocycles. The van der Waals surface area contributed by atoms with Gasteiger partial charge in [0.1, 0.15) is 18.2 Å². The lowest BCUT2D eigenvalue weighted by Gasteiger charge is -2.34. The van der Waals surface area contributed by atoms with Crippen molar-refractivity contribution in [2.75, 3.05) is 18.0 Å². The molecule has 0 spiro atoms. The van der Waals surface area contributed by atoms with Gasteiger partial charge in [-0.3, -0.25) is 4.68 Å². The Morgan fingerprint density at radius 3 is 3.16 bits per heavy atom. The lowest BCUT2D eigenvalue weighted by atomic mass is 10.0. The van der Waals surface area contributed by atoms with E-state index in [1.807, 2.05) is 12.1 Å². The van der Waals surface area contributed by atoms with Crippen molar-refractivity contribution in [1.29, 1.82) is 5.26 Å². The molecule has 0 saturated carbocycles. The van der Waals surface area contributed by atoms with Gasteiger partial charge >= 0.3 is 0 Å². The highest BCUT2D eigenvalue weighted by Gasteiger charge is 2.30. The number of hydrogen-bond acceptors (Lipinski definition) is 6. The first-order valence-corrected chi connectivity index (χ1v) is 8.54. The molecule has 0 bridgehead atoms. The Morgan fingerprint density at radius 2 is 2.28 bits per heavy atom. The predicted octanol–water partition coefficient (Wildman–Crippen LogP) is 1.02. The van der Waals surface area contributed by atoms with Crippen molar-refractivity contribution in [1.82, 2.24) is 29.7 Å². The van der Waals surface area contributed by atoms with Crippen LogP contribution in [0.5, 0.6) is 0 Å². The SMILES string of the molecule is C[C@@H]1CN(c2ccc(C#N)c3ncnn23)Cc2c3c(nn21)CNCC3. The quantitative estimate of drug-likeness (QED) is 0.715. The van der Waals surface area contributed by atoms with Gasteiger partial charge in [0.15, 0.2) is 5.65 Å². The van der Waals surface area contributed by atoms with Crippen LogP contribution >= 0.6 is 0 Å². The van der Waals surface area contributed by atoms with Crippen molar-refractivity contribution >= 4 is 11.5 Å². The normalized spacial score (nSPS) is 19.5. The molecule has 8 heteroatoms. The van der Waals surface area contributed by atoms with E-state index in [0.29, 0.717) is 11.2 Å². The third-order valence-electron chi connectivity index (χ3n) is 5.14. The maximum Gasteiger partial charge on any atom is 0.175 e. The number of nitriles is 1. The zero-order chi connectivity index (χ0) is 17.0. The van der Waals surface area contributed by atoms with E-state index in [1.165, 1.54) is 23.3 Å². The lowest BCUT2D eigenvalue weighted by Crippen LogP contribution is -2.38. The Hall–Kier alpha value is -2.92. The second-order valence-electron chi connectivity index (χ2n) is 6.69. The molecule has 5 heterocycles. The molecule has 1 N–H and O–H groups in total. The summed E-state index contributed by atoms with van der Waals surface area (Å²) in [6.45, 7) is 5.70. The molecule has 5 rings (SSSR count). The first-order valence-electron chi connectivity index (χ1n) is 8.54. The fourth-order valence-electron chi connectivity index (χ4n) is 3.98. The van der Waals surface area contributed by atoms with E-state index in [9.17, 15) is 5.26 Å². The smallest absolute Gasteiger partial charge is 0.175 e. The van der Waals surface area contributed by atoms with Gasteiger partial charge in [0, 0.05) is 18.7 Å². The topological polar surface area (TPSA) is 87.1 Å². The molecule has 0 unspecified atom stereocenters. The van der Waals surface area contributed by atoms with Crippen molar-refractivity contribution < 1.29 is 0 Å². The minimum absolute atomic E-state index is 0.281. The second kappa shape index (κ2) is 5.29. The van der Waals surface area contributed by atoms with E-state index in [1.54, 1.807) is 4.52 Å². The zero-order valence-electron chi connectivity index (χ0n) is 14.0. The van der Waals surface area contributed by atoms with E-state index in [-0.39, 0.29) is 6.04 Å². The Bertz CT molecular complexity index is 1010. The number of anilines is 1. The van der Waals surface area contributed by atoms with Crippen LogP contribution in [0.25, 0.3) is 5.65 Å². The van der Waals surface area contributed by atoms with Crippen LogP contribution in [0.1, 0.15) is 35.5 Å². The zero-order valence-corrected chi connectivity index (χ0v) is 14.0. The molecule has 1 atom stereocenters. The van der Waals surface area contributed by atoms with Gasteiger partial charge in [0.25, 0.3) is 0 Å². The molecule has 126 valence electrons. The third kappa shape index (κ3) is 2.06. The highest BCUT2D eigenvalue weighted by Crippen LogP contribution is 2.31. The Labute approximate surface area is 144 Å². The number of hydrogen-bond donors (Lipinski definition) is 1. The van der Waals surface area contributed by atoms with Crippen molar-refractivity contribution in [2.24, 2.45) is 0 Å². The van der Waals surface area contributed by atoms with E-state index >= 15 is 0 Å². The Morgan fingerprint density at radius 1 is 1.36 bits per heavy atom. The van der Waals surface area contributed by atoms with Gasteiger partial charge in [0.2, 0.25) is 0 Å². The molecule has 0 aromatic carbocycles. The summed E-state index contributed by atoms with van der Waals surface area (Å²) in [5.74, 6) is 0.966. The van der Waals surface area contributed by atoms with Crippen LogP contribution in [0, 0.1) is 11.3 Å². The average molecular weight is 334 g/mol. The number of fused-ring (bicyclic) bond motifs is 4. The number of nitrogens with one attached hydrogen (secondary N) is 1. The van der Waals surface area contributed by atoms with Crippen LogP contribution in [-0.2, 0) is 19.5 Å². The monoisotopic (exact) mass is 334 g/mol. The van der Waals surface area contributed by atoms with Crippen LogP contribution in [-0.4, -0.2) is 37.5 Å². The van der Waals surface area contributed by atoms with Crippen LogP contribution in [0.4, 0.5) is 5.82 Å². The summed E-state index contributed by atoms with van der Waals surface area (Å²) < 4.78 is 3.96. The molecule has 25 heavy (non-hydrogen) atoms. The Balaban J connectivity index is 1.60. The van der Waals surface area contributed by atoms with E-state index < -0.39 is 0 Å². The molecule has 0 aliphatic carbocycles. The number of rotatable bonds is 1. The summed E-state index contributed by atoms with van der Waals surface area (Å²) in [6.07, 6.45) is 2.53. The highest BCUT2D eigenvalue weighted by atomic mass is 15.4. The molecular formula is C17H18N8. The largest absolute Gasteiger partial charge is 0.348 e. The van der Waals surface area contributed by atoms with Crippen LogP contribution in [0.2, 0.25) is 0 Å². The molecule has 0 saturated heterocycles. The molecule has 0 fully saturated rings. The summed E-state index contributed by atoms with van der Waals surface area (Å²) in [4.78, 5) is 6.56. The molecule has 2 aliphatic heterocycles. The fraction of sp³-hybridized carbons (Fsp3) is 0.412. The second-order valence-corrected chi connectivity index (χ2v) is 6.69. The standard InChI is InChI=1S/C17H18N8/c1-11-8-23(9-15-13-4-5-19-7-14(13)22-24(11)15)16-3-2-12(6-18)17-20-10-21-25(16)17/h2-3,10-11,19H,4-5,7-9H2,1H3/t11-/m1/s1. The summed E-state index contributed by atoms with van der Waals surface area (Å²) in [6, 6.07) is 6.26. The fourth-order valence-corrected chi connectivity index (χ4v) is 3.98. The van der Waals surface area contributed by atoms with Gasteiger partial charge in [-0.1, -0.05) is 0 Å². The first kappa shape index (κ1) is 14.4. The van der Waals surface area contributed by atoms with Gasteiger partial charge in [-0.2, -0.15) is 20.0 Å². The molecule has 0 radical (unpaired) electrons. The van der Waals surface area contributed by atoms with Gasteiger partial charge in [0.05, 0.1) is 29.5 Å². The number of nitrogens with zero attached hydrogens (tertiary/aromatic N) is 7. The van der Waals surface area contributed by atoms with Gasteiger partial charge < -0.3 is 10.2 Å². The third-order valence-corrected chi connectivity index (χ3v) is 5.14. The van der Waals surface area contributed by atoms with Crippen molar-refractivity contribution in [3.63, 3.8) is 0 Å². The van der Waals surface area contributed by atoms with Crippen molar-refractivity contribution in [3.05, 3.63) is 41.0 Å². The molecule has 8 nitrogen and oxygen atoms in total. The summed E-state index contributed by atoms with van der Waals surface area (Å²) in [5, 5.41) is 21.8. The van der Waals surface area contributed by atoms with E-state index in [0.717, 1.165) is 38.4 Å². The van der Waals surface area contributed by atoms with E-state index in [4.69, 9.17) is 5.10 Å². The first-order chi connectivity index (χ1) is 12.3. The van der Waals surface area contributed by atoms with Gasteiger partial charge in [-0.25, -0.2) is 4.98 Å².